The van der Waals surface area contributed by atoms with E-state index < -0.39 is 11.8 Å². The first-order chi connectivity index (χ1) is 12.1. The molecule has 0 radical (unpaired) electrons. The Morgan fingerprint density at radius 2 is 1.48 bits per heavy atom. The highest BCUT2D eigenvalue weighted by molar-refractivity contribution is 5.76. The molecule has 0 amide bonds. The van der Waals surface area contributed by atoms with Crippen molar-refractivity contribution >= 4 is 5.97 Å². The lowest BCUT2D eigenvalue weighted by Gasteiger charge is -2.30. The lowest BCUT2D eigenvalue weighted by atomic mass is 10.0. The number of aliphatic carboxylic acids is 1. The zero-order valence-electron chi connectivity index (χ0n) is 15.8. The van der Waals surface area contributed by atoms with E-state index in [-0.39, 0.29) is 0 Å². The smallest absolute Gasteiger partial charge is 0.377 e. The molecule has 1 aromatic rings. The molecular weight excluding hydrogens is 316 g/mol. The van der Waals surface area contributed by atoms with Gasteiger partial charge in [0.25, 0.3) is 0 Å². The Labute approximate surface area is 152 Å². The summed E-state index contributed by atoms with van der Waals surface area (Å²) in [4.78, 5) is 11.8. The van der Waals surface area contributed by atoms with Gasteiger partial charge in [-0.05, 0) is 25.5 Å². The minimum atomic E-state index is -1.59. The minimum absolute atomic E-state index is 0.302. The van der Waals surface area contributed by atoms with Crippen LogP contribution in [0.1, 0.15) is 78.1 Å². The van der Waals surface area contributed by atoms with Gasteiger partial charge < -0.3 is 14.6 Å². The predicted octanol–water partition coefficient (Wildman–Crippen LogP) is 5.80. The number of unbranched alkanes of at least 4 members (excludes halogenated alkanes) is 8. The van der Waals surface area contributed by atoms with Crippen LogP contribution in [0.5, 0.6) is 5.75 Å². The highest BCUT2D eigenvalue weighted by Gasteiger charge is 2.41. The predicted molar refractivity (Wildman–Crippen MR) is 101 cm³/mol. The van der Waals surface area contributed by atoms with Crippen molar-refractivity contribution in [2.45, 2.75) is 83.8 Å². The number of ether oxygens (including phenoxy) is 2. The molecule has 25 heavy (non-hydrogen) atoms. The number of hydrogen-bond acceptors (Lipinski definition) is 3. The van der Waals surface area contributed by atoms with E-state index in [4.69, 9.17) is 9.47 Å². The van der Waals surface area contributed by atoms with Crippen LogP contribution in [0.15, 0.2) is 30.3 Å². The third-order valence-electron chi connectivity index (χ3n) is 4.34. The second-order valence-electron chi connectivity index (χ2n) is 6.48. The van der Waals surface area contributed by atoms with Gasteiger partial charge in [0.15, 0.2) is 0 Å². The number of benzene rings is 1. The second-order valence-corrected chi connectivity index (χ2v) is 6.48. The molecule has 0 bridgehead atoms. The van der Waals surface area contributed by atoms with E-state index in [0.717, 1.165) is 19.3 Å². The van der Waals surface area contributed by atoms with Crippen molar-refractivity contribution in [1.29, 1.82) is 0 Å². The number of para-hydroxylation sites is 1. The molecule has 4 heteroatoms. The topological polar surface area (TPSA) is 55.8 Å². The summed E-state index contributed by atoms with van der Waals surface area (Å²) in [6.07, 6.45) is 11.0. The van der Waals surface area contributed by atoms with Gasteiger partial charge in [0.1, 0.15) is 5.75 Å². The fourth-order valence-electron chi connectivity index (χ4n) is 2.95. The monoisotopic (exact) mass is 350 g/mol. The maximum absolute atomic E-state index is 11.8. The molecule has 1 rings (SSSR count). The Hall–Kier alpha value is -1.55. The molecule has 142 valence electrons. The van der Waals surface area contributed by atoms with Crippen molar-refractivity contribution < 1.29 is 19.4 Å². The van der Waals surface area contributed by atoms with E-state index in [2.05, 4.69) is 6.92 Å². The maximum Gasteiger partial charge on any atom is 0.377 e. The quantitative estimate of drug-likeness (QED) is 0.321. The molecule has 0 spiro atoms. The van der Waals surface area contributed by atoms with Crippen LogP contribution in [0.2, 0.25) is 0 Å². The molecular formula is C21H34O4. The minimum Gasteiger partial charge on any atom is -0.476 e. The number of carboxylic acids is 1. The van der Waals surface area contributed by atoms with Crippen LogP contribution in [-0.2, 0) is 9.53 Å². The average molecular weight is 350 g/mol. The first kappa shape index (κ1) is 21.5. The van der Waals surface area contributed by atoms with Gasteiger partial charge in [-0.25, -0.2) is 4.79 Å². The third kappa shape index (κ3) is 8.39. The maximum atomic E-state index is 11.8. The Morgan fingerprint density at radius 3 is 2.00 bits per heavy atom. The SMILES string of the molecule is CCCCCCCCCCCC(OCC)(Oc1ccccc1)C(=O)O. The van der Waals surface area contributed by atoms with Crippen LogP contribution >= 0.6 is 0 Å². The molecule has 0 heterocycles. The number of carbonyl (C=O) groups is 1. The third-order valence-corrected chi connectivity index (χ3v) is 4.34. The fourth-order valence-corrected chi connectivity index (χ4v) is 2.95. The fraction of sp³-hybridized carbons (Fsp3) is 0.667. The zero-order valence-corrected chi connectivity index (χ0v) is 15.8. The van der Waals surface area contributed by atoms with Gasteiger partial charge in [-0.3, -0.25) is 0 Å². The van der Waals surface area contributed by atoms with E-state index >= 15 is 0 Å². The summed E-state index contributed by atoms with van der Waals surface area (Å²) in [6, 6.07) is 9.04. The van der Waals surface area contributed by atoms with Crippen molar-refractivity contribution in [2.75, 3.05) is 6.61 Å². The van der Waals surface area contributed by atoms with Crippen molar-refractivity contribution in [3.63, 3.8) is 0 Å². The molecule has 1 N–H and O–H groups in total. The Kier molecular flexibility index (Phi) is 11.0. The summed E-state index contributed by atoms with van der Waals surface area (Å²) in [6.45, 7) is 4.32. The average Bonchev–Trinajstić information content (AvgIpc) is 2.61. The lowest BCUT2D eigenvalue weighted by Crippen LogP contribution is -2.47. The first-order valence-corrected chi connectivity index (χ1v) is 9.76. The van der Waals surface area contributed by atoms with Gasteiger partial charge in [-0.1, -0.05) is 76.5 Å². The molecule has 1 unspecified atom stereocenters. The summed E-state index contributed by atoms with van der Waals surface area (Å²) in [5.74, 6) is -2.12. The first-order valence-electron chi connectivity index (χ1n) is 9.76. The van der Waals surface area contributed by atoms with Gasteiger partial charge in [0.05, 0.1) is 0 Å². The molecule has 0 fully saturated rings. The molecule has 4 nitrogen and oxygen atoms in total. The van der Waals surface area contributed by atoms with Crippen molar-refractivity contribution in [2.24, 2.45) is 0 Å². The van der Waals surface area contributed by atoms with Crippen LogP contribution in [0.25, 0.3) is 0 Å². The number of carboxylic acid groups (broad SMARTS) is 1. The summed E-state index contributed by atoms with van der Waals surface area (Å²) in [7, 11) is 0. The second kappa shape index (κ2) is 12.8. The molecule has 0 saturated carbocycles. The van der Waals surface area contributed by atoms with E-state index in [1.54, 1.807) is 19.1 Å². The molecule has 0 aliphatic heterocycles. The molecule has 0 aliphatic carbocycles. The van der Waals surface area contributed by atoms with Crippen LogP contribution in [0, 0.1) is 0 Å². The van der Waals surface area contributed by atoms with Crippen LogP contribution in [-0.4, -0.2) is 23.5 Å². The van der Waals surface area contributed by atoms with Crippen molar-refractivity contribution in [3.8, 4) is 5.75 Å². The molecule has 0 aromatic heterocycles. The summed E-state index contributed by atoms with van der Waals surface area (Å²) in [5, 5.41) is 9.69. The van der Waals surface area contributed by atoms with Gasteiger partial charge in [0.2, 0.25) is 0 Å². The highest BCUT2D eigenvalue weighted by Crippen LogP contribution is 2.26. The van der Waals surface area contributed by atoms with Crippen LogP contribution in [0.4, 0.5) is 0 Å². The van der Waals surface area contributed by atoms with Gasteiger partial charge in [-0.2, -0.15) is 0 Å². The largest absolute Gasteiger partial charge is 0.476 e. The van der Waals surface area contributed by atoms with E-state index in [1.807, 2.05) is 18.2 Å². The summed E-state index contributed by atoms with van der Waals surface area (Å²) >= 11 is 0. The van der Waals surface area contributed by atoms with Gasteiger partial charge in [-0.15, -0.1) is 0 Å². The molecule has 1 atom stereocenters. The molecule has 1 aromatic carbocycles. The van der Waals surface area contributed by atoms with Crippen LogP contribution in [0.3, 0.4) is 0 Å². The Balaban J connectivity index is 2.42. The number of rotatable bonds is 15. The molecule has 0 saturated heterocycles. The Bertz CT molecular complexity index is 460. The normalized spacial score (nSPS) is 13.4. The standard InChI is InChI=1S/C21H34O4/c1-3-5-6-7-8-9-10-11-15-18-21(20(22)23,24-4-2)25-19-16-13-12-14-17-19/h12-14,16-17H,3-11,15,18H2,1-2H3,(H,22,23). The van der Waals surface area contributed by atoms with E-state index in [1.165, 1.54) is 38.5 Å². The highest BCUT2D eigenvalue weighted by atomic mass is 16.7. The van der Waals surface area contributed by atoms with Gasteiger partial charge >= 0.3 is 11.8 Å². The van der Waals surface area contributed by atoms with Crippen LogP contribution < -0.4 is 4.74 Å². The lowest BCUT2D eigenvalue weighted by molar-refractivity contribution is -0.213. The molecule has 0 aliphatic rings. The zero-order chi connectivity index (χ0) is 18.4. The van der Waals surface area contributed by atoms with Crippen molar-refractivity contribution in [1.82, 2.24) is 0 Å². The van der Waals surface area contributed by atoms with Gasteiger partial charge in [0, 0.05) is 13.0 Å². The van der Waals surface area contributed by atoms with E-state index in [9.17, 15) is 9.90 Å². The number of hydrogen-bond donors (Lipinski definition) is 1. The van der Waals surface area contributed by atoms with E-state index in [0.29, 0.717) is 18.8 Å². The van der Waals surface area contributed by atoms with Crippen molar-refractivity contribution in [3.05, 3.63) is 30.3 Å². The Morgan fingerprint density at radius 1 is 0.920 bits per heavy atom. The summed E-state index contributed by atoms with van der Waals surface area (Å²) in [5.41, 5.74) is 0. The summed E-state index contributed by atoms with van der Waals surface area (Å²) < 4.78 is 11.3.